The van der Waals surface area contributed by atoms with E-state index in [9.17, 15) is 9.59 Å². The van der Waals surface area contributed by atoms with Crippen molar-refractivity contribution in [2.75, 3.05) is 23.8 Å². The molecule has 0 unspecified atom stereocenters. The number of hydrogen-bond donors (Lipinski definition) is 2. The van der Waals surface area contributed by atoms with Crippen molar-refractivity contribution in [3.8, 4) is 5.75 Å². The van der Waals surface area contributed by atoms with Crippen LogP contribution in [0.4, 0.5) is 11.4 Å². The number of anilines is 2. The summed E-state index contributed by atoms with van der Waals surface area (Å²) in [5, 5.41) is 6.01. The molecule has 5 nitrogen and oxygen atoms in total. The molecule has 0 saturated carbocycles. The van der Waals surface area contributed by atoms with Gasteiger partial charge < -0.3 is 15.4 Å². The van der Waals surface area contributed by atoms with Crippen molar-refractivity contribution in [3.05, 3.63) is 54.1 Å². The van der Waals surface area contributed by atoms with E-state index in [0.29, 0.717) is 30.8 Å². The summed E-state index contributed by atoms with van der Waals surface area (Å²) in [7, 11) is 0. The van der Waals surface area contributed by atoms with Gasteiger partial charge in [-0.05, 0) is 38.1 Å². The molecule has 0 aliphatic carbocycles. The summed E-state index contributed by atoms with van der Waals surface area (Å²) < 4.78 is 5.53. The van der Waals surface area contributed by atoms with Crippen molar-refractivity contribution >= 4 is 23.1 Å². The first-order valence-electron chi connectivity index (χ1n) is 7.96. The smallest absolute Gasteiger partial charge is 0.226 e. The molecule has 126 valence electrons. The van der Waals surface area contributed by atoms with Gasteiger partial charge in [-0.25, -0.2) is 0 Å². The third-order valence-corrected chi connectivity index (χ3v) is 3.41. The topological polar surface area (TPSA) is 67.4 Å². The van der Waals surface area contributed by atoms with Crippen molar-refractivity contribution in [2.24, 2.45) is 0 Å². The van der Waals surface area contributed by atoms with Gasteiger partial charge in [0.1, 0.15) is 5.75 Å². The van der Waals surface area contributed by atoms with E-state index in [0.717, 1.165) is 11.4 Å². The zero-order valence-corrected chi connectivity index (χ0v) is 14.0. The fourth-order valence-electron chi connectivity index (χ4n) is 2.24. The minimum absolute atomic E-state index is 0.0275. The Bertz CT molecular complexity index is 713. The summed E-state index contributed by atoms with van der Waals surface area (Å²) in [6.07, 6.45) is 0.310. The number of para-hydroxylation sites is 2. The number of rotatable bonds is 8. The molecule has 24 heavy (non-hydrogen) atoms. The average molecular weight is 326 g/mol. The number of ether oxygens (including phenoxy) is 1. The molecular formula is C19H22N2O3. The monoisotopic (exact) mass is 326 g/mol. The molecule has 0 aliphatic rings. The molecular weight excluding hydrogens is 304 g/mol. The molecule has 0 fully saturated rings. The van der Waals surface area contributed by atoms with Gasteiger partial charge in [-0.3, -0.25) is 9.59 Å². The van der Waals surface area contributed by atoms with E-state index in [1.165, 1.54) is 6.92 Å². The van der Waals surface area contributed by atoms with E-state index in [1.54, 1.807) is 24.3 Å². The van der Waals surface area contributed by atoms with Crippen LogP contribution >= 0.6 is 0 Å². The highest BCUT2D eigenvalue weighted by Gasteiger charge is 2.06. The molecule has 0 aromatic heterocycles. The summed E-state index contributed by atoms with van der Waals surface area (Å²) in [6, 6.07) is 14.6. The van der Waals surface area contributed by atoms with Crippen molar-refractivity contribution < 1.29 is 14.3 Å². The summed E-state index contributed by atoms with van der Waals surface area (Å²) in [6.45, 7) is 4.51. The van der Waals surface area contributed by atoms with Crippen LogP contribution in [-0.2, 0) is 4.79 Å². The number of benzene rings is 2. The molecule has 0 atom stereocenters. The zero-order valence-electron chi connectivity index (χ0n) is 14.0. The second kappa shape index (κ2) is 8.72. The van der Waals surface area contributed by atoms with Crippen LogP contribution in [0.1, 0.15) is 30.6 Å². The number of Topliss-reactive ketones (excluding diaryl/α,β-unsaturated/α-hetero) is 1. The number of amides is 1. The Balaban J connectivity index is 1.86. The van der Waals surface area contributed by atoms with E-state index in [4.69, 9.17) is 4.74 Å². The molecule has 0 heterocycles. The highest BCUT2D eigenvalue weighted by molar-refractivity contribution is 5.97. The summed E-state index contributed by atoms with van der Waals surface area (Å²) >= 11 is 0. The van der Waals surface area contributed by atoms with E-state index < -0.39 is 0 Å². The SMILES string of the molecule is CCOc1ccccc1NCCC(=O)Nc1cccc(C(C)=O)c1. The minimum atomic E-state index is -0.114. The van der Waals surface area contributed by atoms with Crippen LogP contribution in [-0.4, -0.2) is 24.8 Å². The van der Waals surface area contributed by atoms with Gasteiger partial charge >= 0.3 is 0 Å². The lowest BCUT2D eigenvalue weighted by Gasteiger charge is -2.12. The first-order chi connectivity index (χ1) is 11.6. The van der Waals surface area contributed by atoms with E-state index in [2.05, 4.69) is 10.6 Å². The molecule has 2 rings (SSSR count). The standard InChI is InChI=1S/C19H22N2O3/c1-3-24-18-10-5-4-9-17(18)20-12-11-19(23)21-16-8-6-7-15(13-16)14(2)22/h4-10,13,20H,3,11-12H2,1-2H3,(H,21,23). The van der Waals surface area contributed by atoms with Crippen LogP contribution in [0.2, 0.25) is 0 Å². The zero-order chi connectivity index (χ0) is 17.4. The largest absolute Gasteiger partial charge is 0.492 e. The molecule has 2 N–H and O–H groups in total. The Kier molecular flexibility index (Phi) is 6.37. The fourth-order valence-corrected chi connectivity index (χ4v) is 2.24. The maximum absolute atomic E-state index is 12.0. The van der Waals surface area contributed by atoms with Crippen molar-refractivity contribution in [1.29, 1.82) is 0 Å². The normalized spacial score (nSPS) is 10.1. The quantitative estimate of drug-likeness (QED) is 0.725. The first-order valence-corrected chi connectivity index (χ1v) is 7.96. The third kappa shape index (κ3) is 5.12. The maximum Gasteiger partial charge on any atom is 0.226 e. The van der Waals surface area contributed by atoms with Gasteiger partial charge in [-0.1, -0.05) is 24.3 Å². The first kappa shape index (κ1) is 17.5. The molecule has 1 amide bonds. The highest BCUT2D eigenvalue weighted by Crippen LogP contribution is 2.23. The molecule has 0 radical (unpaired) electrons. The molecule has 2 aromatic carbocycles. The lowest BCUT2D eigenvalue weighted by atomic mass is 10.1. The van der Waals surface area contributed by atoms with Gasteiger partial charge in [0.15, 0.2) is 5.78 Å². The summed E-state index contributed by atoms with van der Waals surface area (Å²) in [5.74, 6) is 0.631. The van der Waals surface area contributed by atoms with Crippen LogP contribution < -0.4 is 15.4 Å². The van der Waals surface area contributed by atoms with Crippen molar-refractivity contribution in [3.63, 3.8) is 0 Å². The Morgan fingerprint density at radius 2 is 1.88 bits per heavy atom. The number of hydrogen-bond acceptors (Lipinski definition) is 4. The molecule has 0 saturated heterocycles. The van der Waals surface area contributed by atoms with Crippen molar-refractivity contribution in [2.45, 2.75) is 20.3 Å². The number of carbonyl (C=O) groups is 2. The maximum atomic E-state index is 12.0. The molecule has 0 aliphatic heterocycles. The van der Waals surface area contributed by atoms with Crippen LogP contribution in [0.5, 0.6) is 5.75 Å². The van der Waals surface area contributed by atoms with Crippen LogP contribution in [0.3, 0.4) is 0 Å². The van der Waals surface area contributed by atoms with Crippen LogP contribution in [0, 0.1) is 0 Å². The van der Waals surface area contributed by atoms with Gasteiger partial charge in [0, 0.05) is 24.2 Å². The predicted molar refractivity (Wildman–Crippen MR) is 95.8 cm³/mol. The van der Waals surface area contributed by atoms with E-state index >= 15 is 0 Å². The van der Waals surface area contributed by atoms with Gasteiger partial charge in [-0.15, -0.1) is 0 Å². The molecule has 0 spiro atoms. The Morgan fingerprint density at radius 1 is 1.08 bits per heavy atom. The van der Waals surface area contributed by atoms with E-state index in [-0.39, 0.29) is 11.7 Å². The molecule has 5 heteroatoms. The number of nitrogens with one attached hydrogen (secondary N) is 2. The number of ketones is 1. The Labute approximate surface area is 142 Å². The van der Waals surface area contributed by atoms with Gasteiger partial charge in [0.2, 0.25) is 5.91 Å². The lowest BCUT2D eigenvalue weighted by molar-refractivity contribution is -0.115. The van der Waals surface area contributed by atoms with Crippen LogP contribution in [0.25, 0.3) is 0 Å². The fraction of sp³-hybridized carbons (Fsp3) is 0.263. The minimum Gasteiger partial charge on any atom is -0.492 e. The predicted octanol–water partition coefficient (Wildman–Crippen LogP) is 3.73. The lowest BCUT2D eigenvalue weighted by Crippen LogP contribution is -2.16. The second-order valence-corrected chi connectivity index (χ2v) is 5.29. The Hall–Kier alpha value is -2.82. The van der Waals surface area contributed by atoms with Gasteiger partial charge in [-0.2, -0.15) is 0 Å². The van der Waals surface area contributed by atoms with Crippen molar-refractivity contribution in [1.82, 2.24) is 0 Å². The summed E-state index contributed by atoms with van der Waals surface area (Å²) in [4.78, 5) is 23.4. The molecule has 2 aromatic rings. The van der Waals surface area contributed by atoms with Gasteiger partial charge in [0.05, 0.1) is 12.3 Å². The second-order valence-electron chi connectivity index (χ2n) is 5.29. The van der Waals surface area contributed by atoms with Gasteiger partial charge in [0.25, 0.3) is 0 Å². The van der Waals surface area contributed by atoms with Crippen LogP contribution in [0.15, 0.2) is 48.5 Å². The highest BCUT2D eigenvalue weighted by atomic mass is 16.5. The van der Waals surface area contributed by atoms with E-state index in [1.807, 2.05) is 31.2 Å². The summed E-state index contributed by atoms with van der Waals surface area (Å²) in [5.41, 5.74) is 2.07. The molecule has 0 bridgehead atoms. The average Bonchev–Trinajstić information content (AvgIpc) is 2.57. The third-order valence-electron chi connectivity index (χ3n) is 3.41. The Morgan fingerprint density at radius 3 is 2.62 bits per heavy atom. The number of carbonyl (C=O) groups excluding carboxylic acids is 2.